The fourth-order valence-corrected chi connectivity index (χ4v) is 1.58. The van der Waals surface area contributed by atoms with Crippen molar-refractivity contribution in [2.24, 2.45) is 17.6 Å². The Morgan fingerprint density at radius 1 is 1.43 bits per heavy atom. The van der Waals surface area contributed by atoms with Crippen LogP contribution in [-0.4, -0.2) is 18.6 Å². The molecule has 0 aromatic heterocycles. The van der Waals surface area contributed by atoms with Gasteiger partial charge in [-0.05, 0) is 51.0 Å². The zero-order valence-corrected chi connectivity index (χ0v) is 9.97. The second kappa shape index (κ2) is 5.13. The molecule has 0 aromatic carbocycles. The van der Waals surface area contributed by atoms with Crippen LogP contribution in [0.4, 0.5) is 0 Å². The van der Waals surface area contributed by atoms with Crippen molar-refractivity contribution in [2.75, 3.05) is 13.1 Å². The van der Waals surface area contributed by atoms with Gasteiger partial charge in [-0.3, -0.25) is 0 Å². The first-order valence-electron chi connectivity index (χ1n) is 6.01. The van der Waals surface area contributed by atoms with Gasteiger partial charge in [0.05, 0.1) is 0 Å². The Hall–Kier alpha value is -0.0800. The van der Waals surface area contributed by atoms with Crippen molar-refractivity contribution in [3.05, 3.63) is 0 Å². The Balaban J connectivity index is 2.22. The molecule has 0 aliphatic heterocycles. The molecule has 0 aromatic rings. The molecule has 1 fully saturated rings. The van der Waals surface area contributed by atoms with E-state index in [1.54, 1.807) is 0 Å². The van der Waals surface area contributed by atoms with Gasteiger partial charge >= 0.3 is 0 Å². The van der Waals surface area contributed by atoms with E-state index in [1.807, 2.05) is 0 Å². The van der Waals surface area contributed by atoms with Crippen LogP contribution in [0.1, 0.15) is 46.5 Å². The molecule has 1 atom stereocenters. The van der Waals surface area contributed by atoms with Crippen LogP contribution in [0.25, 0.3) is 0 Å². The lowest BCUT2D eigenvalue weighted by Crippen LogP contribution is -2.49. The Bertz CT molecular complexity index is 156. The molecule has 0 heterocycles. The van der Waals surface area contributed by atoms with Crippen LogP contribution >= 0.6 is 0 Å². The van der Waals surface area contributed by atoms with E-state index in [0.29, 0.717) is 0 Å². The van der Waals surface area contributed by atoms with Crippen molar-refractivity contribution in [2.45, 2.75) is 52.0 Å². The third-order valence-electron chi connectivity index (χ3n) is 3.24. The van der Waals surface area contributed by atoms with Gasteiger partial charge in [-0.1, -0.05) is 13.8 Å². The largest absolute Gasteiger partial charge is 0.329 e. The summed E-state index contributed by atoms with van der Waals surface area (Å²) in [5.41, 5.74) is 6.01. The van der Waals surface area contributed by atoms with Gasteiger partial charge in [0.1, 0.15) is 0 Å². The predicted octanol–water partition coefficient (Wildman–Crippen LogP) is 2.14. The standard InChI is InChI=1S/C12H26N2/c1-10(2)6-7-12(3,9-13)14-8-11-4-5-11/h10-11,14H,4-9,13H2,1-3H3. The lowest BCUT2D eigenvalue weighted by Gasteiger charge is -2.30. The van der Waals surface area contributed by atoms with Crippen LogP contribution in [0.5, 0.6) is 0 Å². The van der Waals surface area contributed by atoms with E-state index in [1.165, 1.54) is 32.2 Å². The highest BCUT2D eigenvalue weighted by Gasteiger charge is 2.27. The van der Waals surface area contributed by atoms with Gasteiger partial charge in [0.25, 0.3) is 0 Å². The lowest BCUT2D eigenvalue weighted by atomic mass is 9.92. The van der Waals surface area contributed by atoms with Crippen LogP contribution in [0.15, 0.2) is 0 Å². The van der Waals surface area contributed by atoms with E-state index < -0.39 is 0 Å². The average Bonchev–Trinajstić information content (AvgIpc) is 2.95. The lowest BCUT2D eigenvalue weighted by molar-refractivity contribution is 0.309. The first kappa shape index (κ1) is 12.0. The number of hydrogen-bond acceptors (Lipinski definition) is 2. The molecule has 2 heteroatoms. The minimum atomic E-state index is 0.173. The van der Waals surface area contributed by atoms with E-state index in [-0.39, 0.29) is 5.54 Å². The second-order valence-corrected chi connectivity index (χ2v) is 5.52. The Labute approximate surface area is 88.6 Å². The average molecular weight is 198 g/mol. The van der Waals surface area contributed by atoms with Crippen LogP contribution in [0, 0.1) is 11.8 Å². The van der Waals surface area contributed by atoms with Crippen LogP contribution in [-0.2, 0) is 0 Å². The Kier molecular flexibility index (Phi) is 4.39. The molecule has 2 nitrogen and oxygen atoms in total. The summed E-state index contributed by atoms with van der Waals surface area (Å²) in [6, 6.07) is 0. The fraction of sp³-hybridized carbons (Fsp3) is 1.00. The zero-order chi connectivity index (χ0) is 10.6. The summed E-state index contributed by atoms with van der Waals surface area (Å²) in [5, 5.41) is 3.64. The minimum Gasteiger partial charge on any atom is -0.329 e. The third-order valence-corrected chi connectivity index (χ3v) is 3.24. The van der Waals surface area contributed by atoms with Crippen molar-refractivity contribution in [1.82, 2.24) is 5.32 Å². The minimum absolute atomic E-state index is 0.173. The first-order valence-corrected chi connectivity index (χ1v) is 6.01. The van der Waals surface area contributed by atoms with E-state index in [2.05, 4.69) is 26.1 Å². The molecule has 1 saturated carbocycles. The van der Waals surface area contributed by atoms with Crippen molar-refractivity contribution < 1.29 is 0 Å². The molecule has 0 spiro atoms. The zero-order valence-electron chi connectivity index (χ0n) is 9.97. The molecule has 0 radical (unpaired) electrons. The number of hydrogen-bond donors (Lipinski definition) is 2. The van der Waals surface area contributed by atoms with Gasteiger partial charge < -0.3 is 11.1 Å². The van der Waals surface area contributed by atoms with Crippen molar-refractivity contribution >= 4 is 0 Å². The van der Waals surface area contributed by atoms with E-state index in [4.69, 9.17) is 5.73 Å². The summed E-state index contributed by atoms with van der Waals surface area (Å²) >= 11 is 0. The highest BCUT2D eigenvalue weighted by molar-refractivity contribution is 4.87. The summed E-state index contributed by atoms with van der Waals surface area (Å²) in [6.07, 6.45) is 5.30. The maximum atomic E-state index is 5.84. The quantitative estimate of drug-likeness (QED) is 0.658. The second-order valence-electron chi connectivity index (χ2n) is 5.52. The van der Waals surface area contributed by atoms with Gasteiger partial charge in [-0.15, -0.1) is 0 Å². The van der Waals surface area contributed by atoms with Gasteiger partial charge in [-0.25, -0.2) is 0 Å². The number of nitrogens with two attached hydrogens (primary N) is 1. The highest BCUT2D eigenvalue weighted by Crippen LogP contribution is 2.28. The number of rotatable bonds is 7. The molecule has 14 heavy (non-hydrogen) atoms. The van der Waals surface area contributed by atoms with E-state index in [9.17, 15) is 0 Å². The van der Waals surface area contributed by atoms with Crippen LogP contribution in [0.3, 0.4) is 0 Å². The molecule has 84 valence electrons. The van der Waals surface area contributed by atoms with Gasteiger partial charge in [0.2, 0.25) is 0 Å². The summed E-state index contributed by atoms with van der Waals surface area (Å²) in [7, 11) is 0. The molecule has 1 unspecified atom stereocenters. The summed E-state index contributed by atoms with van der Waals surface area (Å²) < 4.78 is 0. The Morgan fingerprint density at radius 3 is 2.50 bits per heavy atom. The molecule has 1 aliphatic rings. The van der Waals surface area contributed by atoms with Crippen molar-refractivity contribution in [1.29, 1.82) is 0 Å². The smallest absolute Gasteiger partial charge is 0.0275 e. The predicted molar refractivity (Wildman–Crippen MR) is 62.3 cm³/mol. The molecule has 0 amide bonds. The van der Waals surface area contributed by atoms with Crippen LogP contribution < -0.4 is 11.1 Å². The molecular weight excluding hydrogens is 172 g/mol. The third kappa shape index (κ3) is 4.43. The monoisotopic (exact) mass is 198 g/mol. The van der Waals surface area contributed by atoms with E-state index >= 15 is 0 Å². The van der Waals surface area contributed by atoms with Gasteiger partial charge in [0.15, 0.2) is 0 Å². The normalized spacial score (nSPS) is 21.2. The van der Waals surface area contributed by atoms with Crippen LogP contribution in [0.2, 0.25) is 0 Å². The van der Waals surface area contributed by atoms with Gasteiger partial charge in [-0.2, -0.15) is 0 Å². The highest BCUT2D eigenvalue weighted by atomic mass is 15.0. The number of nitrogens with one attached hydrogen (secondary N) is 1. The van der Waals surface area contributed by atoms with Crippen molar-refractivity contribution in [3.63, 3.8) is 0 Å². The Morgan fingerprint density at radius 2 is 2.07 bits per heavy atom. The molecule has 3 N–H and O–H groups in total. The SMILES string of the molecule is CC(C)CCC(C)(CN)NCC1CC1. The summed E-state index contributed by atoms with van der Waals surface area (Å²) in [5.74, 6) is 1.73. The van der Waals surface area contributed by atoms with E-state index in [0.717, 1.165) is 18.4 Å². The fourth-order valence-electron chi connectivity index (χ4n) is 1.58. The molecule has 1 rings (SSSR count). The maximum Gasteiger partial charge on any atom is 0.0275 e. The maximum absolute atomic E-state index is 5.84. The summed E-state index contributed by atoms with van der Waals surface area (Å²) in [4.78, 5) is 0. The molecule has 0 saturated heterocycles. The molecular formula is C12H26N2. The first-order chi connectivity index (χ1) is 6.56. The molecule has 0 bridgehead atoms. The van der Waals surface area contributed by atoms with Crippen molar-refractivity contribution in [3.8, 4) is 0 Å². The molecule has 1 aliphatic carbocycles. The van der Waals surface area contributed by atoms with Gasteiger partial charge in [0, 0.05) is 12.1 Å². The topological polar surface area (TPSA) is 38.0 Å². The summed E-state index contributed by atoms with van der Waals surface area (Å²) in [6.45, 7) is 8.74.